The zero-order chi connectivity index (χ0) is 41.2. The molecule has 0 spiro atoms. The maximum atomic E-state index is 13.8. The number of ketones is 1. The topological polar surface area (TPSA) is 101 Å². The third-order valence-electron chi connectivity index (χ3n) is 10.3. The third-order valence-corrected chi connectivity index (χ3v) is 10.3. The van der Waals surface area contributed by atoms with Crippen LogP contribution in [-0.2, 0) is 39.3 Å². The zero-order valence-corrected chi connectivity index (χ0v) is 33.8. The first-order valence-corrected chi connectivity index (χ1v) is 20.5. The monoisotopic (exact) mass is 794 g/mol. The van der Waals surface area contributed by atoms with Crippen LogP contribution in [0.4, 0.5) is 0 Å². The Morgan fingerprint density at radius 1 is 0.533 bits per heavy atom. The summed E-state index contributed by atoms with van der Waals surface area (Å²) in [5, 5.41) is 0. The van der Waals surface area contributed by atoms with Crippen LogP contribution in [0.5, 0.6) is 5.75 Å². The molecular formula is C51H50N6O3. The number of carbonyl (C=O) groups excluding carboxylic acids is 2. The van der Waals surface area contributed by atoms with E-state index in [1.807, 2.05) is 104 Å². The Bertz CT molecular complexity index is 2180. The SMILES string of the molecule is O=Cc1cccc(C(=O)C(CCCCOc2cc(CN(Cc3ccccn3)Cc3ccccn3)cc(CN(Cc3ccccn3)Cc3ccccn3)c2)c2ccccc2)c1. The predicted octanol–water partition coefficient (Wildman–Crippen LogP) is 9.70. The molecule has 3 aromatic carbocycles. The summed E-state index contributed by atoms with van der Waals surface area (Å²) in [6.45, 7) is 4.44. The molecule has 0 aliphatic rings. The summed E-state index contributed by atoms with van der Waals surface area (Å²) in [6, 6.07) is 47.5. The maximum absolute atomic E-state index is 13.8. The number of aromatic nitrogens is 4. The average molecular weight is 795 g/mol. The van der Waals surface area contributed by atoms with Gasteiger partial charge in [-0.15, -0.1) is 0 Å². The van der Waals surface area contributed by atoms with Gasteiger partial charge in [0.1, 0.15) is 12.0 Å². The first kappa shape index (κ1) is 41.5. The molecule has 7 rings (SSSR count). The highest BCUT2D eigenvalue weighted by Gasteiger charge is 2.22. The van der Waals surface area contributed by atoms with Gasteiger partial charge in [-0.1, -0.05) is 78.9 Å². The second kappa shape index (κ2) is 21.9. The van der Waals surface area contributed by atoms with Crippen molar-refractivity contribution in [2.24, 2.45) is 0 Å². The second-order valence-corrected chi connectivity index (χ2v) is 15.0. The first-order chi connectivity index (χ1) is 29.6. The third kappa shape index (κ3) is 12.7. The van der Waals surface area contributed by atoms with Crippen LogP contribution in [0, 0.1) is 0 Å². The molecule has 302 valence electrons. The summed E-state index contributed by atoms with van der Waals surface area (Å²) in [5.74, 6) is 0.497. The van der Waals surface area contributed by atoms with Crippen LogP contribution in [0.25, 0.3) is 0 Å². The molecule has 1 atom stereocenters. The molecule has 9 nitrogen and oxygen atoms in total. The normalized spacial score (nSPS) is 11.7. The molecule has 9 heteroatoms. The highest BCUT2D eigenvalue weighted by molar-refractivity contribution is 6.02. The lowest BCUT2D eigenvalue weighted by Crippen LogP contribution is -2.25. The van der Waals surface area contributed by atoms with E-state index in [9.17, 15) is 9.59 Å². The Morgan fingerprint density at radius 3 is 1.50 bits per heavy atom. The largest absolute Gasteiger partial charge is 0.494 e. The lowest BCUT2D eigenvalue weighted by Gasteiger charge is -2.25. The summed E-state index contributed by atoms with van der Waals surface area (Å²) >= 11 is 0. The van der Waals surface area contributed by atoms with Crippen molar-refractivity contribution < 1.29 is 14.3 Å². The molecule has 0 aliphatic carbocycles. The van der Waals surface area contributed by atoms with Gasteiger partial charge in [-0.05, 0) is 103 Å². The van der Waals surface area contributed by atoms with E-state index in [1.54, 1.807) is 24.3 Å². The minimum absolute atomic E-state index is 0.0186. The summed E-state index contributed by atoms with van der Waals surface area (Å²) < 4.78 is 6.58. The summed E-state index contributed by atoms with van der Waals surface area (Å²) in [4.78, 5) is 48.6. The first-order valence-electron chi connectivity index (χ1n) is 20.5. The van der Waals surface area contributed by atoms with Gasteiger partial charge in [0.25, 0.3) is 0 Å². The quantitative estimate of drug-likeness (QED) is 0.0377. The molecule has 0 saturated heterocycles. The predicted molar refractivity (Wildman–Crippen MR) is 234 cm³/mol. The van der Waals surface area contributed by atoms with Crippen molar-refractivity contribution >= 4 is 12.1 Å². The second-order valence-electron chi connectivity index (χ2n) is 15.0. The van der Waals surface area contributed by atoms with Gasteiger partial charge in [-0.2, -0.15) is 0 Å². The maximum Gasteiger partial charge on any atom is 0.170 e. The number of Topliss-reactive ketones (excluding diaryl/α,β-unsaturated/α-hetero) is 1. The van der Waals surface area contributed by atoms with Gasteiger partial charge in [0.05, 0.1) is 29.4 Å². The highest BCUT2D eigenvalue weighted by Crippen LogP contribution is 2.28. The lowest BCUT2D eigenvalue weighted by atomic mass is 9.86. The fourth-order valence-electron chi connectivity index (χ4n) is 7.47. The van der Waals surface area contributed by atoms with E-state index in [1.165, 1.54) is 0 Å². The Kier molecular flexibility index (Phi) is 15.1. The van der Waals surface area contributed by atoms with Crippen molar-refractivity contribution in [3.8, 4) is 5.75 Å². The smallest absolute Gasteiger partial charge is 0.170 e. The minimum Gasteiger partial charge on any atom is -0.494 e. The standard InChI is InChI=1S/C51H50N6O3/c58-39-40-15-14-18-44(30-40)51(59)50(43-16-2-1-3-17-43)23-8-13-28-60-49-31-41(33-56(35-45-19-4-9-24-52-45)36-46-20-5-10-25-53-46)29-42(32-49)34-57(37-47-21-6-11-26-54-47)38-48-22-7-12-27-55-48/h1-7,9-12,14-22,24-27,29-32,39,50H,8,13,23,28,33-38H2. The Labute approximate surface area is 352 Å². The fourth-order valence-corrected chi connectivity index (χ4v) is 7.47. The van der Waals surface area contributed by atoms with E-state index in [2.05, 4.69) is 72.2 Å². The van der Waals surface area contributed by atoms with Gasteiger partial charge in [-0.25, -0.2) is 0 Å². The van der Waals surface area contributed by atoms with Gasteiger partial charge in [0, 0.05) is 81.1 Å². The Hall–Kier alpha value is -6.68. The van der Waals surface area contributed by atoms with Gasteiger partial charge >= 0.3 is 0 Å². The molecule has 1 unspecified atom stereocenters. The van der Waals surface area contributed by atoms with E-state index in [4.69, 9.17) is 4.74 Å². The molecule has 0 bridgehead atoms. The molecule has 60 heavy (non-hydrogen) atoms. The number of unbranched alkanes of at least 4 members (excludes halogenated alkanes) is 1. The molecule has 0 radical (unpaired) electrons. The molecule has 0 saturated carbocycles. The zero-order valence-electron chi connectivity index (χ0n) is 33.8. The highest BCUT2D eigenvalue weighted by atomic mass is 16.5. The number of aldehydes is 1. The number of pyridine rings is 4. The number of carbonyl (C=O) groups is 2. The van der Waals surface area contributed by atoms with Crippen molar-refractivity contribution in [3.63, 3.8) is 0 Å². The summed E-state index contributed by atoms with van der Waals surface area (Å²) in [5.41, 5.74) is 8.21. The van der Waals surface area contributed by atoms with Crippen molar-refractivity contribution in [3.05, 3.63) is 221 Å². The molecule has 0 amide bonds. The molecule has 0 aliphatic heterocycles. The summed E-state index contributed by atoms with van der Waals surface area (Å²) in [6.07, 6.45) is 10.3. The lowest BCUT2D eigenvalue weighted by molar-refractivity contribution is 0.0953. The number of rotatable bonds is 22. The molecule has 0 fully saturated rings. The van der Waals surface area contributed by atoms with Crippen molar-refractivity contribution in [1.82, 2.24) is 29.7 Å². The van der Waals surface area contributed by atoms with E-state index < -0.39 is 0 Å². The van der Waals surface area contributed by atoms with Crippen LogP contribution in [0.15, 0.2) is 170 Å². The van der Waals surface area contributed by atoms with Gasteiger partial charge in [0.2, 0.25) is 0 Å². The van der Waals surface area contributed by atoms with Gasteiger partial charge in [0.15, 0.2) is 5.78 Å². The number of benzene rings is 3. The van der Waals surface area contributed by atoms with E-state index in [0.717, 1.165) is 64.3 Å². The van der Waals surface area contributed by atoms with E-state index >= 15 is 0 Å². The number of nitrogens with zero attached hydrogens (tertiary/aromatic N) is 6. The van der Waals surface area contributed by atoms with Crippen molar-refractivity contribution in [2.75, 3.05) is 6.61 Å². The average Bonchev–Trinajstić information content (AvgIpc) is 3.29. The number of hydrogen-bond donors (Lipinski definition) is 0. The van der Waals surface area contributed by atoms with Crippen LogP contribution in [0.2, 0.25) is 0 Å². The Balaban J connectivity index is 1.11. The minimum atomic E-state index is -0.323. The Morgan fingerprint density at radius 2 is 1.03 bits per heavy atom. The molecule has 4 heterocycles. The van der Waals surface area contributed by atoms with Crippen LogP contribution in [0.1, 0.15) is 85.4 Å². The van der Waals surface area contributed by atoms with Crippen LogP contribution >= 0.6 is 0 Å². The molecule has 4 aromatic heterocycles. The number of ether oxygens (including phenoxy) is 1. The van der Waals surface area contributed by atoms with E-state index in [-0.39, 0.29) is 11.7 Å². The molecule has 7 aromatic rings. The molecular weight excluding hydrogens is 745 g/mol. The van der Waals surface area contributed by atoms with Crippen LogP contribution < -0.4 is 4.74 Å². The van der Waals surface area contributed by atoms with Crippen molar-refractivity contribution in [2.45, 2.75) is 64.4 Å². The number of hydrogen-bond acceptors (Lipinski definition) is 9. The van der Waals surface area contributed by atoms with Crippen molar-refractivity contribution in [1.29, 1.82) is 0 Å². The van der Waals surface area contributed by atoms with Gasteiger partial charge < -0.3 is 4.74 Å². The fraction of sp³-hybridized carbons (Fsp3) is 0.216. The van der Waals surface area contributed by atoms with Gasteiger partial charge in [-0.3, -0.25) is 39.3 Å². The van der Waals surface area contributed by atoms with Crippen LogP contribution in [0.3, 0.4) is 0 Å². The van der Waals surface area contributed by atoms with Crippen LogP contribution in [-0.4, -0.2) is 48.4 Å². The van der Waals surface area contributed by atoms with E-state index in [0.29, 0.717) is 63.4 Å². The summed E-state index contributed by atoms with van der Waals surface area (Å²) in [7, 11) is 0. The molecule has 0 N–H and O–H groups in total.